The molecule has 0 saturated carbocycles. The smallest absolute Gasteiger partial charge is 0.350 e. The number of fused-ring (bicyclic) bond motifs is 2. The lowest BCUT2D eigenvalue weighted by Gasteiger charge is -2.22. The molecule has 2 aliphatic rings. The van der Waals surface area contributed by atoms with Crippen LogP contribution in [0, 0.1) is 0 Å². The molecule has 2 fully saturated rings. The predicted molar refractivity (Wildman–Crippen MR) is 97.4 cm³/mol. The van der Waals surface area contributed by atoms with Gasteiger partial charge < -0.3 is 18.9 Å². The van der Waals surface area contributed by atoms with Crippen LogP contribution in [0.15, 0.2) is 11.1 Å². The summed E-state index contributed by atoms with van der Waals surface area (Å²) in [6, 6.07) is 0. The second kappa shape index (κ2) is 7.46. The van der Waals surface area contributed by atoms with Gasteiger partial charge in [0, 0.05) is 20.8 Å². The largest absolute Gasteiger partial charge is 0.454 e. The SMILES string of the molecule is CC(=O)Nc1nc2c(ncn2[C@@H]2O[C@@H]3[C@H](OC(=O)[C@H]3OC(C)=O)[C@H]2OC(C)=O)c(=O)[nH]1. The molecular weight excluding hydrogens is 418 g/mol. The zero-order chi connectivity index (χ0) is 22.4. The van der Waals surface area contributed by atoms with E-state index in [2.05, 4.69) is 20.3 Å². The number of ether oxygens (including phenoxy) is 4. The van der Waals surface area contributed by atoms with Crippen molar-refractivity contribution < 1.29 is 38.1 Å². The zero-order valence-corrected chi connectivity index (χ0v) is 16.5. The third-order valence-electron chi connectivity index (χ3n) is 4.60. The van der Waals surface area contributed by atoms with Crippen LogP contribution in [-0.2, 0) is 38.1 Å². The number of nitrogens with zero attached hydrogens (tertiary/aromatic N) is 3. The summed E-state index contributed by atoms with van der Waals surface area (Å²) < 4.78 is 22.8. The number of hydrogen-bond acceptors (Lipinski definition) is 11. The first-order chi connectivity index (χ1) is 14.7. The number of aromatic amines is 1. The minimum absolute atomic E-state index is 0.0185. The summed E-state index contributed by atoms with van der Waals surface area (Å²) in [6.07, 6.45) is -4.52. The Balaban J connectivity index is 1.76. The number of esters is 3. The predicted octanol–water partition coefficient (Wildman–Crippen LogP) is -1.24. The van der Waals surface area contributed by atoms with Gasteiger partial charge in [-0.05, 0) is 0 Å². The Hall–Kier alpha value is -3.81. The van der Waals surface area contributed by atoms with Crippen molar-refractivity contribution in [2.45, 2.75) is 51.4 Å². The Labute approximate surface area is 172 Å². The maximum Gasteiger partial charge on any atom is 0.350 e. The highest BCUT2D eigenvalue weighted by Gasteiger charge is 2.61. The van der Waals surface area contributed by atoms with Crippen LogP contribution in [0.4, 0.5) is 5.95 Å². The van der Waals surface area contributed by atoms with Crippen molar-refractivity contribution in [2.75, 3.05) is 5.32 Å². The Kier molecular flexibility index (Phi) is 4.93. The number of imidazole rings is 1. The molecule has 0 unspecified atom stereocenters. The van der Waals surface area contributed by atoms with E-state index < -0.39 is 60.0 Å². The number of H-pyrrole nitrogens is 1. The summed E-state index contributed by atoms with van der Waals surface area (Å²) in [5, 5.41) is 2.36. The van der Waals surface area contributed by atoms with Gasteiger partial charge in [-0.2, -0.15) is 4.98 Å². The van der Waals surface area contributed by atoms with Gasteiger partial charge >= 0.3 is 17.9 Å². The highest BCUT2D eigenvalue weighted by molar-refractivity contribution is 5.87. The van der Waals surface area contributed by atoms with E-state index in [-0.39, 0.29) is 17.1 Å². The number of carbonyl (C=O) groups is 4. The fourth-order valence-corrected chi connectivity index (χ4v) is 3.55. The summed E-state index contributed by atoms with van der Waals surface area (Å²) in [5.41, 5.74) is -0.672. The molecule has 0 bridgehead atoms. The van der Waals surface area contributed by atoms with Crippen molar-refractivity contribution in [3.05, 3.63) is 16.7 Å². The van der Waals surface area contributed by atoms with Crippen LogP contribution in [0.1, 0.15) is 27.0 Å². The van der Waals surface area contributed by atoms with Crippen molar-refractivity contribution in [1.29, 1.82) is 0 Å². The number of rotatable bonds is 4. The maximum absolute atomic E-state index is 12.3. The molecule has 31 heavy (non-hydrogen) atoms. The summed E-state index contributed by atoms with van der Waals surface area (Å²) in [4.78, 5) is 69.4. The number of nitrogens with one attached hydrogen (secondary N) is 2. The topological polar surface area (TPSA) is 181 Å². The van der Waals surface area contributed by atoms with E-state index in [4.69, 9.17) is 18.9 Å². The molecule has 2 N–H and O–H groups in total. The molecule has 164 valence electrons. The highest BCUT2D eigenvalue weighted by atomic mass is 16.7. The third-order valence-corrected chi connectivity index (χ3v) is 4.60. The molecule has 0 spiro atoms. The van der Waals surface area contributed by atoms with E-state index in [0.29, 0.717) is 0 Å². The maximum atomic E-state index is 12.3. The van der Waals surface area contributed by atoms with Gasteiger partial charge in [-0.25, -0.2) is 9.78 Å². The van der Waals surface area contributed by atoms with Gasteiger partial charge in [0.1, 0.15) is 6.10 Å². The zero-order valence-electron chi connectivity index (χ0n) is 16.5. The summed E-state index contributed by atoms with van der Waals surface area (Å²) >= 11 is 0. The number of anilines is 1. The van der Waals surface area contributed by atoms with E-state index in [0.717, 1.165) is 13.8 Å². The molecule has 14 nitrogen and oxygen atoms in total. The Morgan fingerprint density at radius 3 is 2.48 bits per heavy atom. The summed E-state index contributed by atoms with van der Waals surface area (Å²) in [5.74, 6) is -2.83. The average molecular weight is 435 g/mol. The fourth-order valence-electron chi connectivity index (χ4n) is 3.55. The number of aromatic nitrogens is 4. The van der Waals surface area contributed by atoms with Crippen LogP contribution in [0.25, 0.3) is 11.2 Å². The van der Waals surface area contributed by atoms with Crippen LogP contribution in [0.3, 0.4) is 0 Å². The number of carbonyl (C=O) groups excluding carboxylic acids is 4. The van der Waals surface area contributed by atoms with Crippen molar-refractivity contribution in [2.24, 2.45) is 0 Å². The van der Waals surface area contributed by atoms with E-state index in [9.17, 15) is 24.0 Å². The van der Waals surface area contributed by atoms with Crippen molar-refractivity contribution >= 4 is 40.9 Å². The van der Waals surface area contributed by atoms with Gasteiger partial charge in [-0.3, -0.25) is 34.0 Å². The van der Waals surface area contributed by atoms with Gasteiger partial charge in [-0.15, -0.1) is 0 Å². The molecule has 2 saturated heterocycles. The number of hydrogen-bond donors (Lipinski definition) is 2. The van der Waals surface area contributed by atoms with Crippen LogP contribution in [-0.4, -0.2) is 67.7 Å². The summed E-state index contributed by atoms with van der Waals surface area (Å²) in [6.45, 7) is 3.53. The van der Waals surface area contributed by atoms with Crippen molar-refractivity contribution in [1.82, 2.24) is 19.5 Å². The molecule has 0 radical (unpaired) electrons. The second-order valence-electron chi connectivity index (χ2n) is 6.92. The molecule has 0 aliphatic carbocycles. The summed E-state index contributed by atoms with van der Waals surface area (Å²) in [7, 11) is 0. The quantitative estimate of drug-likeness (QED) is 0.433. The second-order valence-corrected chi connectivity index (χ2v) is 6.92. The van der Waals surface area contributed by atoms with Gasteiger partial charge in [0.25, 0.3) is 5.56 Å². The Morgan fingerprint density at radius 2 is 1.84 bits per heavy atom. The first-order valence-electron chi connectivity index (χ1n) is 9.10. The third kappa shape index (κ3) is 3.61. The van der Waals surface area contributed by atoms with Gasteiger partial charge in [-0.1, -0.05) is 0 Å². The van der Waals surface area contributed by atoms with Crippen LogP contribution in [0.2, 0.25) is 0 Å². The van der Waals surface area contributed by atoms with Crippen molar-refractivity contribution in [3.8, 4) is 0 Å². The van der Waals surface area contributed by atoms with Gasteiger partial charge in [0.15, 0.2) is 29.6 Å². The molecule has 4 heterocycles. The van der Waals surface area contributed by atoms with E-state index in [1.54, 1.807) is 0 Å². The normalized spacial score (nSPS) is 26.9. The van der Waals surface area contributed by atoms with Crippen LogP contribution in [0.5, 0.6) is 0 Å². The molecule has 1 amide bonds. The first-order valence-corrected chi connectivity index (χ1v) is 9.10. The van der Waals surface area contributed by atoms with E-state index >= 15 is 0 Å². The Morgan fingerprint density at radius 1 is 1.13 bits per heavy atom. The Bertz CT molecular complexity index is 1150. The first kappa shape index (κ1) is 20.5. The standard InChI is InChI=1S/C17H17N5O9/c1-5(23)19-17-20-13-8(14(26)21-17)18-4-22(13)15-11(28-6(2)24)9-10(30-15)12(16(27)31-9)29-7(3)25/h4,9-12,15H,1-3H3,(H2,19,20,21,23,26)/t9-,10+,11+,12-,15+/m0/s1. The average Bonchev–Trinajstić information content (AvgIpc) is 3.29. The molecule has 2 aromatic heterocycles. The van der Waals surface area contributed by atoms with Crippen LogP contribution >= 0.6 is 0 Å². The highest BCUT2D eigenvalue weighted by Crippen LogP contribution is 2.41. The fraction of sp³-hybridized carbons (Fsp3) is 0.471. The molecule has 2 aromatic rings. The molecular formula is C17H17N5O9. The van der Waals surface area contributed by atoms with Gasteiger partial charge in [0.2, 0.25) is 18.0 Å². The van der Waals surface area contributed by atoms with E-state index in [1.165, 1.54) is 17.8 Å². The molecule has 14 heteroatoms. The lowest BCUT2D eigenvalue weighted by atomic mass is 10.1. The monoisotopic (exact) mass is 435 g/mol. The number of amides is 1. The minimum Gasteiger partial charge on any atom is -0.454 e. The lowest BCUT2D eigenvalue weighted by Crippen LogP contribution is -2.36. The molecule has 5 atom stereocenters. The lowest BCUT2D eigenvalue weighted by molar-refractivity contribution is -0.174. The molecule has 0 aromatic carbocycles. The van der Waals surface area contributed by atoms with Gasteiger partial charge in [0.05, 0.1) is 6.33 Å². The van der Waals surface area contributed by atoms with Crippen LogP contribution < -0.4 is 10.9 Å². The minimum atomic E-state index is -1.35. The molecule has 4 rings (SSSR count). The van der Waals surface area contributed by atoms with Crippen molar-refractivity contribution in [3.63, 3.8) is 0 Å². The molecule has 2 aliphatic heterocycles. The van der Waals surface area contributed by atoms with E-state index in [1.807, 2.05) is 0 Å².